The third-order valence-corrected chi connectivity index (χ3v) is 9.35. The Morgan fingerprint density at radius 3 is 2.28 bits per heavy atom. The number of likely N-dealkylation sites (N-methyl/N-ethyl adjacent to an activating group) is 1. The first-order chi connectivity index (χ1) is 20.2. The number of hydrogen-bond acceptors (Lipinski definition) is 10. The van der Waals surface area contributed by atoms with Crippen LogP contribution in [-0.2, 0) is 17.6 Å². The molecule has 0 aromatic heterocycles. The highest BCUT2D eigenvalue weighted by atomic mass is 16.4. The van der Waals surface area contributed by atoms with Crippen molar-refractivity contribution in [2.75, 3.05) is 33.1 Å². The highest BCUT2D eigenvalue weighted by molar-refractivity contribution is 6.17. The molecule has 10 heteroatoms. The molecular formula is C33H41N3O7. The number of carbonyl (C=O) groups excluding carboxylic acids is 2. The van der Waals surface area contributed by atoms with Gasteiger partial charge in [-0.25, -0.2) is 0 Å². The molecule has 43 heavy (non-hydrogen) atoms. The number of aliphatic hydroxyl groups excluding tert-OH is 3. The third kappa shape index (κ3) is 4.64. The Morgan fingerprint density at radius 1 is 1.07 bits per heavy atom. The van der Waals surface area contributed by atoms with Crippen molar-refractivity contribution >= 4 is 17.3 Å². The Morgan fingerprint density at radius 2 is 1.72 bits per heavy atom. The van der Waals surface area contributed by atoms with Crippen LogP contribution in [0.25, 0.3) is 11.1 Å². The van der Waals surface area contributed by atoms with E-state index in [4.69, 9.17) is 5.73 Å². The molecule has 5 rings (SSSR count). The fraction of sp³-hybridized carbons (Fsp3) is 0.455. The number of nitrogens with two attached hydrogens (primary N) is 1. The van der Waals surface area contributed by atoms with E-state index in [-0.39, 0.29) is 29.7 Å². The van der Waals surface area contributed by atoms with Crippen LogP contribution >= 0.6 is 0 Å². The van der Waals surface area contributed by atoms with Crippen LogP contribution in [0.2, 0.25) is 0 Å². The average molecular weight is 592 g/mol. The first kappa shape index (κ1) is 30.7. The summed E-state index contributed by atoms with van der Waals surface area (Å²) < 4.78 is 0. The van der Waals surface area contributed by atoms with Crippen LogP contribution in [0, 0.1) is 11.8 Å². The summed E-state index contributed by atoms with van der Waals surface area (Å²) in [6, 6.07) is 8.71. The Bertz CT molecular complexity index is 1540. The van der Waals surface area contributed by atoms with Crippen molar-refractivity contribution in [3.05, 3.63) is 69.7 Å². The van der Waals surface area contributed by atoms with Crippen molar-refractivity contribution in [2.45, 2.75) is 56.9 Å². The van der Waals surface area contributed by atoms with Gasteiger partial charge < -0.3 is 36.2 Å². The van der Waals surface area contributed by atoms with E-state index in [0.717, 1.165) is 30.5 Å². The average Bonchev–Trinajstić information content (AvgIpc) is 2.93. The number of phenolic OH excluding ortho intramolecular Hbond substituents is 1. The van der Waals surface area contributed by atoms with E-state index >= 15 is 0 Å². The molecule has 0 fully saturated rings. The third-order valence-electron chi connectivity index (χ3n) is 9.35. The predicted octanol–water partition coefficient (Wildman–Crippen LogP) is 2.99. The molecule has 3 aliphatic carbocycles. The molecule has 2 aromatic rings. The van der Waals surface area contributed by atoms with Crippen LogP contribution in [0.1, 0.15) is 47.7 Å². The van der Waals surface area contributed by atoms with Gasteiger partial charge in [-0.1, -0.05) is 37.6 Å². The molecule has 0 spiro atoms. The van der Waals surface area contributed by atoms with Gasteiger partial charge in [0.05, 0.1) is 17.2 Å². The lowest BCUT2D eigenvalue weighted by molar-refractivity contribution is -0.148. The number of aryl methyl sites for hydroxylation is 1. The molecule has 0 aliphatic heterocycles. The topological polar surface area (TPSA) is 168 Å². The Labute approximate surface area is 251 Å². The normalized spacial score (nSPS) is 25.9. The summed E-state index contributed by atoms with van der Waals surface area (Å²) in [6.07, 6.45) is 1.48. The van der Waals surface area contributed by atoms with E-state index in [0.29, 0.717) is 11.1 Å². The number of hydrogen-bond donors (Lipinski definition) is 6. The van der Waals surface area contributed by atoms with Gasteiger partial charge in [0.15, 0.2) is 11.4 Å². The number of benzene rings is 2. The van der Waals surface area contributed by atoms with Crippen molar-refractivity contribution in [1.82, 2.24) is 4.90 Å². The molecule has 0 bridgehead atoms. The number of Topliss-reactive ketones (excluding diaryl/α,β-unsaturated/α-hetero) is 2. The van der Waals surface area contributed by atoms with Crippen molar-refractivity contribution in [1.29, 1.82) is 0 Å². The van der Waals surface area contributed by atoms with Crippen molar-refractivity contribution in [2.24, 2.45) is 17.6 Å². The smallest absolute Gasteiger partial charge is 0.205 e. The number of anilines is 1. The van der Waals surface area contributed by atoms with Crippen LogP contribution in [0.3, 0.4) is 0 Å². The van der Waals surface area contributed by atoms with Crippen LogP contribution < -0.4 is 10.6 Å². The van der Waals surface area contributed by atoms with Gasteiger partial charge in [0.25, 0.3) is 0 Å². The largest absolute Gasteiger partial charge is 0.510 e. The summed E-state index contributed by atoms with van der Waals surface area (Å²) >= 11 is 0. The monoisotopic (exact) mass is 591 g/mol. The van der Waals surface area contributed by atoms with E-state index in [9.17, 15) is 35.1 Å². The zero-order valence-corrected chi connectivity index (χ0v) is 25.3. The number of unbranched alkanes of at least 4 members (excludes halogenated alkanes) is 1. The molecule has 7 N–H and O–H groups in total. The highest BCUT2D eigenvalue weighted by Gasteiger charge is 2.63. The number of carbonyl (C=O) groups is 2. The Hall–Kier alpha value is -3.70. The fourth-order valence-corrected chi connectivity index (χ4v) is 7.22. The van der Waals surface area contributed by atoms with Gasteiger partial charge in [-0.05, 0) is 68.5 Å². The van der Waals surface area contributed by atoms with E-state index in [1.807, 2.05) is 49.3 Å². The summed E-state index contributed by atoms with van der Waals surface area (Å²) in [6.45, 7) is 2.13. The molecule has 0 heterocycles. The maximum atomic E-state index is 14.3. The van der Waals surface area contributed by atoms with Gasteiger partial charge in [0, 0.05) is 36.8 Å². The number of allylic oxidation sites excluding steroid dienone is 1. The minimum Gasteiger partial charge on any atom is -0.510 e. The summed E-state index contributed by atoms with van der Waals surface area (Å²) in [7, 11) is 6.97. The van der Waals surface area contributed by atoms with Crippen LogP contribution in [0.15, 0.2) is 53.0 Å². The SMILES string of the molecule is CCCCc1ccc(-c2cc(N(C)C)c3c(c2O)C(=O)C2=C(O)[C@]4(O)C(=O)C(C(N)O)=C(O)[C@@H](N(C)C)[C@@H]4C[C@@H]2C3)cc1. The van der Waals surface area contributed by atoms with Crippen LogP contribution in [-0.4, -0.2) is 88.1 Å². The van der Waals surface area contributed by atoms with Crippen LogP contribution in [0.5, 0.6) is 5.75 Å². The maximum Gasteiger partial charge on any atom is 0.205 e. The predicted molar refractivity (Wildman–Crippen MR) is 163 cm³/mol. The number of aliphatic hydroxyl groups is 4. The fourth-order valence-electron chi connectivity index (χ4n) is 7.22. The molecule has 5 atom stereocenters. The molecule has 10 nitrogen and oxygen atoms in total. The zero-order valence-electron chi connectivity index (χ0n) is 25.3. The number of rotatable bonds is 7. The van der Waals surface area contributed by atoms with Crippen molar-refractivity contribution < 1.29 is 35.1 Å². The molecule has 0 saturated carbocycles. The Balaban J connectivity index is 1.69. The van der Waals surface area contributed by atoms with Crippen molar-refractivity contribution in [3.8, 4) is 16.9 Å². The van der Waals surface area contributed by atoms with Gasteiger partial charge in [0.2, 0.25) is 5.78 Å². The second-order valence-corrected chi connectivity index (χ2v) is 12.4. The maximum absolute atomic E-state index is 14.3. The Kier molecular flexibility index (Phi) is 7.93. The van der Waals surface area contributed by atoms with E-state index in [1.165, 1.54) is 5.56 Å². The minimum atomic E-state index is -2.61. The molecule has 0 radical (unpaired) electrons. The number of fused-ring (bicyclic) bond motifs is 3. The standard InChI is InChI=1S/C33H41N3O7/c1-6-7-8-16-9-11-17(12-10-16)19-15-22(35(2)3)20-13-18-14-21-26(36(4)5)29(39)25(32(34)42)31(41)33(21,43)30(40)23(18)28(38)24(20)27(19)37/h9-12,15,18,21,26,32,37,39-40,42-43H,6-8,13-14,34H2,1-5H3/t18-,21-,26-,32?,33-/m0/s1. The van der Waals surface area contributed by atoms with Gasteiger partial charge in [-0.3, -0.25) is 14.5 Å². The molecule has 0 amide bonds. The van der Waals surface area contributed by atoms with Crippen LogP contribution in [0.4, 0.5) is 5.69 Å². The number of phenols is 1. The highest BCUT2D eigenvalue weighted by Crippen LogP contribution is 2.54. The number of nitrogens with zero attached hydrogens (tertiary/aromatic N) is 2. The lowest BCUT2D eigenvalue weighted by atomic mass is 9.58. The molecule has 3 aliphatic rings. The number of ketones is 2. The second kappa shape index (κ2) is 11.1. The van der Waals surface area contributed by atoms with Gasteiger partial charge >= 0.3 is 0 Å². The molecular weight excluding hydrogens is 550 g/mol. The first-order valence-electron chi connectivity index (χ1n) is 14.7. The number of aromatic hydroxyl groups is 1. The summed E-state index contributed by atoms with van der Waals surface area (Å²) in [5.41, 5.74) is 5.92. The second-order valence-electron chi connectivity index (χ2n) is 12.4. The van der Waals surface area contributed by atoms with Crippen molar-refractivity contribution in [3.63, 3.8) is 0 Å². The molecule has 0 saturated heterocycles. The molecule has 1 unspecified atom stereocenters. The molecule has 2 aromatic carbocycles. The molecule has 230 valence electrons. The minimum absolute atomic E-state index is 0.0148. The van der Waals surface area contributed by atoms with Gasteiger partial charge in [-0.15, -0.1) is 0 Å². The zero-order chi connectivity index (χ0) is 31.5. The summed E-state index contributed by atoms with van der Waals surface area (Å²) in [4.78, 5) is 31.3. The lowest BCUT2D eigenvalue weighted by Crippen LogP contribution is -2.64. The summed E-state index contributed by atoms with van der Waals surface area (Å²) in [5.74, 6) is -5.03. The quantitative estimate of drug-likeness (QED) is 0.263. The van der Waals surface area contributed by atoms with E-state index in [1.54, 1.807) is 19.0 Å². The van der Waals surface area contributed by atoms with Gasteiger partial charge in [0.1, 0.15) is 23.5 Å². The first-order valence-corrected chi connectivity index (χ1v) is 14.7. The summed E-state index contributed by atoms with van der Waals surface area (Å²) in [5, 5.41) is 56.3. The lowest BCUT2D eigenvalue weighted by Gasteiger charge is -2.50. The van der Waals surface area contributed by atoms with E-state index < -0.39 is 58.4 Å². The van der Waals surface area contributed by atoms with E-state index in [2.05, 4.69) is 6.92 Å². The van der Waals surface area contributed by atoms with Gasteiger partial charge in [-0.2, -0.15) is 0 Å².